The molecule has 4 heteroatoms. The van der Waals surface area contributed by atoms with Crippen molar-refractivity contribution in [3.05, 3.63) is 36.0 Å². The fraction of sp³-hybridized carbons (Fsp3) is 0.400. The maximum absolute atomic E-state index is 12.3. The predicted molar refractivity (Wildman–Crippen MR) is 76.2 cm³/mol. The maximum atomic E-state index is 12.3. The summed E-state index contributed by atoms with van der Waals surface area (Å²) in [6.45, 7) is 2.97. The number of rotatable bonds is 3. The molecule has 1 aliphatic rings. The van der Waals surface area contributed by atoms with Gasteiger partial charge in [0.15, 0.2) is 0 Å². The van der Waals surface area contributed by atoms with E-state index in [-0.39, 0.29) is 5.91 Å². The highest BCUT2D eigenvalue weighted by Crippen LogP contribution is 2.17. The van der Waals surface area contributed by atoms with Crippen LogP contribution in [0.25, 0.3) is 10.9 Å². The van der Waals surface area contributed by atoms with Crippen molar-refractivity contribution in [2.24, 2.45) is 5.92 Å². The van der Waals surface area contributed by atoms with Crippen LogP contribution in [0.5, 0.6) is 0 Å². The second-order valence-corrected chi connectivity index (χ2v) is 5.37. The van der Waals surface area contributed by atoms with Gasteiger partial charge in [0.2, 0.25) is 0 Å². The first-order valence-corrected chi connectivity index (χ1v) is 6.77. The first-order valence-electron chi connectivity index (χ1n) is 6.77. The zero-order valence-electron chi connectivity index (χ0n) is 11.1. The number of hydrogen-bond acceptors (Lipinski definition) is 2. The van der Waals surface area contributed by atoms with E-state index in [1.165, 1.54) is 6.42 Å². The summed E-state index contributed by atoms with van der Waals surface area (Å²) in [6, 6.07) is 7.79. The molecule has 4 nitrogen and oxygen atoms in total. The van der Waals surface area contributed by atoms with E-state index in [2.05, 4.69) is 22.2 Å². The van der Waals surface area contributed by atoms with Gasteiger partial charge in [0.1, 0.15) is 0 Å². The molecule has 0 aliphatic carbocycles. The minimum atomic E-state index is 0.0163. The molecule has 1 atom stereocenters. The Morgan fingerprint density at radius 3 is 3.16 bits per heavy atom. The minimum Gasteiger partial charge on any atom is -0.361 e. The van der Waals surface area contributed by atoms with Crippen molar-refractivity contribution in [2.45, 2.75) is 6.42 Å². The van der Waals surface area contributed by atoms with Crippen LogP contribution in [-0.2, 0) is 0 Å². The Morgan fingerprint density at radius 2 is 2.37 bits per heavy atom. The number of amides is 1. The zero-order chi connectivity index (χ0) is 13.2. The molecule has 0 radical (unpaired) electrons. The lowest BCUT2D eigenvalue weighted by molar-refractivity contribution is 0.0949. The number of H-pyrrole nitrogens is 1. The normalized spacial score (nSPS) is 19.9. The van der Waals surface area contributed by atoms with Crippen LogP contribution in [-0.4, -0.2) is 42.5 Å². The van der Waals surface area contributed by atoms with E-state index in [0.717, 1.165) is 36.1 Å². The Morgan fingerprint density at radius 1 is 1.47 bits per heavy atom. The third-order valence-electron chi connectivity index (χ3n) is 3.87. The van der Waals surface area contributed by atoms with Crippen molar-refractivity contribution < 1.29 is 4.79 Å². The number of nitrogens with one attached hydrogen (secondary N) is 2. The largest absolute Gasteiger partial charge is 0.361 e. The second kappa shape index (κ2) is 5.05. The number of benzene rings is 1. The van der Waals surface area contributed by atoms with Gasteiger partial charge in [-0.1, -0.05) is 12.1 Å². The lowest BCUT2D eigenvalue weighted by Gasteiger charge is -2.12. The van der Waals surface area contributed by atoms with Crippen LogP contribution in [0, 0.1) is 5.92 Å². The van der Waals surface area contributed by atoms with E-state index in [9.17, 15) is 4.79 Å². The van der Waals surface area contributed by atoms with E-state index >= 15 is 0 Å². The van der Waals surface area contributed by atoms with Gasteiger partial charge in [-0.25, -0.2) is 0 Å². The van der Waals surface area contributed by atoms with Gasteiger partial charge in [-0.2, -0.15) is 0 Å². The smallest absolute Gasteiger partial charge is 0.253 e. The molecule has 1 fully saturated rings. The molecule has 2 heterocycles. The Balaban J connectivity index is 1.68. The number of para-hydroxylation sites is 1. The molecule has 100 valence electrons. The monoisotopic (exact) mass is 257 g/mol. The lowest BCUT2D eigenvalue weighted by Crippen LogP contribution is -2.30. The molecule has 2 aromatic rings. The summed E-state index contributed by atoms with van der Waals surface area (Å²) in [5, 5.41) is 4.13. The Hall–Kier alpha value is -1.81. The predicted octanol–water partition coefficient (Wildman–Crippen LogP) is 1.85. The highest BCUT2D eigenvalue weighted by atomic mass is 16.1. The molecular formula is C15H19N3O. The molecule has 1 aromatic carbocycles. The highest BCUT2D eigenvalue weighted by Gasteiger charge is 2.20. The van der Waals surface area contributed by atoms with Gasteiger partial charge >= 0.3 is 0 Å². The maximum Gasteiger partial charge on any atom is 0.253 e. The van der Waals surface area contributed by atoms with Crippen LogP contribution in [0.3, 0.4) is 0 Å². The van der Waals surface area contributed by atoms with Gasteiger partial charge in [-0.05, 0) is 38.1 Å². The number of carbonyl (C=O) groups is 1. The number of nitrogens with zero attached hydrogens (tertiary/aromatic N) is 1. The number of likely N-dealkylation sites (tertiary alicyclic amines) is 1. The Kier molecular flexibility index (Phi) is 3.25. The molecule has 1 saturated heterocycles. The first kappa shape index (κ1) is 12.2. The number of carbonyl (C=O) groups excluding carboxylic acids is 1. The molecule has 19 heavy (non-hydrogen) atoms. The Labute approximate surface area is 112 Å². The van der Waals surface area contributed by atoms with Crippen molar-refractivity contribution in [3.63, 3.8) is 0 Å². The number of hydrogen-bond donors (Lipinski definition) is 2. The number of aromatic amines is 1. The van der Waals surface area contributed by atoms with Crippen molar-refractivity contribution in [1.29, 1.82) is 0 Å². The highest BCUT2D eigenvalue weighted by molar-refractivity contribution is 6.05. The third kappa shape index (κ3) is 2.49. The summed E-state index contributed by atoms with van der Waals surface area (Å²) < 4.78 is 0. The van der Waals surface area contributed by atoms with Crippen LogP contribution in [0.4, 0.5) is 0 Å². The van der Waals surface area contributed by atoms with Gasteiger partial charge in [-0.3, -0.25) is 4.79 Å². The van der Waals surface area contributed by atoms with E-state index in [0.29, 0.717) is 5.92 Å². The molecule has 3 rings (SSSR count). The molecule has 0 bridgehead atoms. The lowest BCUT2D eigenvalue weighted by atomic mass is 10.1. The summed E-state index contributed by atoms with van der Waals surface area (Å²) in [5.74, 6) is 0.597. The van der Waals surface area contributed by atoms with Gasteiger partial charge in [0.05, 0.1) is 11.1 Å². The molecule has 2 N–H and O–H groups in total. The number of fused-ring (bicyclic) bond motifs is 1. The molecule has 0 spiro atoms. The summed E-state index contributed by atoms with van der Waals surface area (Å²) in [5.41, 5.74) is 1.65. The SMILES string of the molecule is CN1CCC(CNC(=O)c2cccc3cc[nH]c23)C1. The average Bonchev–Trinajstić information content (AvgIpc) is 3.03. The molecule has 1 unspecified atom stereocenters. The standard InChI is InChI=1S/C15H19N3O/c1-18-8-6-11(10-18)9-17-15(19)13-4-2-3-12-5-7-16-14(12)13/h2-5,7,11,16H,6,8-10H2,1H3,(H,17,19). The topological polar surface area (TPSA) is 48.1 Å². The summed E-state index contributed by atoms with van der Waals surface area (Å²) in [4.78, 5) is 17.7. The molecule has 0 saturated carbocycles. The van der Waals surface area contributed by atoms with Crippen molar-refractivity contribution in [1.82, 2.24) is 15.2 Å². The summed E-state index contributed by atoms with van der Waals surface area (Å²) in [7, 11) is 2.13. The van der Waals surface area contributed by atoms with Gasteiger partial charge in [0, 0.05) is 24.7 Å². The van der Waals surface area contributed by atoms with Crippen molar-refractivity contribution in [2.75, 3.05) is 26.7 Å². The van der Waals surface area contributed by atoms with Crippen LogP contribution in [0.2, 0.25) is 0 Å². The number of aromatic nitrogens is 1. The van der Waals surface area contributed by atoms with Crippen LogP contribution in [0.1, 0.15) is 16.8 Å². The van der Waals surface area contributed by atoms with Gasteiger partial charge in [0.25, 0.3) is 5.91 Å². The summed E-state index contributed by atoms with van der Waals surface area (Å²) >= 11 is 0. The first-order chi connectivity index (χ1) is 9.24. The van der Waals surface area contributed by atoms with Crippen molar-refractivity contribution in [3.8, 4) is 0 Å². The third-order valence-corrected chi connectivity index (χ3v) is 3.87. The Bertz CT molecular complexity index is 590. The molecule has 1 amide bonds. The van der Waals surface area contributed by atoms with Gasteiger partial charge in [-0.15, -0.1) is 0 Å². The minimum absolute atomic E-state index is 0.0163. The summed E-state index contributed by atoms with van der Waals surface area (Å²) in [6.07, 6.45) is 3.04. The van der Waals surface area contributed by atoms with E-state index < -0.39 is 0 Å². The van der Waals surface area contributed by atoms with Crippen molar-refractivity contribution >= 4 is 16.8 Å². The van der Waals surface area contributed by atoms with E-state index in [1.807, 2.05) is 30.5 Å². The second-order valence-electron chi connectivity index (χ2n) is 5.37. The molecular weight excluding hydrogens is 238 g/mol. The fourth-order valence-corrected chi connectivity index (χ4v) is 2.80. The molecule has 1 aliphatic heterocycles. The van der Waals surface area contributed by atoms with Crippen LogP contribution < -0.4 is 5.32 Å². The quantitative estimate of drug-likeness (QED) is 0.881. The average molecular weight is 257 g/mol. The van der Waals surface area contributed by atoms with Crippen LogP contribution >= 0.6 is 0 Å². The van der Waals surface area contributed by atoms with E-state index in [4.69, 9.17) is 0 Å². The zero-order valence-corrected chi connectivity index (χ0v) is 11.1. The van der Waals surface area contributed by atoms with Gasteiger partial charge < -0.3 is 15.2 Å². The fourth-order valence-electron chi connectivity index (χ4n) is 2.80. The van der Waals surface area contributed by atoms with Crippen LogP contribution in [0.15, 0.2) is 30.5 Å². The molecule has 1 aromatic heterocycles. The van der Waals surface area contributed by atoms with E-state index in [1.54, 1.807) is 0 Å².